The number of nitrogens with one attached hydrogen (secondary N) is 1. The number of amides is 1. The van der Waals surface area contributed by atoms with Gasteiger partial charge in [-0.25, -0.2) is 0 Å². The van der Waals surface area contributed by atoms with Crippen LogP contribution in [-0.4, -0.2) is 14.7 Å². The lowest BCUT2D eigenvalue weighted by Crippen LogP contribution is -2.12. The van der Waals surface area contributed by atoms with Crippen LogP contribution in [0.4, 0.5) is 5.69 Å². The minimum Gasteiger partial charge on any atom is -0.487 e. The number of carbonyl (C=O) groups is 1. The van der Waals surface area contributed by atoms with Crippen LogP contribution in [-0.2, 0) is 6.61 Å². The van der Waals surface area contributed by atoms with E-state index in [9.17, 15) is 4.79 Å². The van der Waals surface area contributed by atoms with Gasteiger partial charge in [-0.05, 0) is 59.3 Å². The number of nitrogens with zero attached hydrogens (tertiary/aromatic N) is 2. The van der Waals surface area contributed by atoms with E-state index in [1.165, 1.54) is 11.7 Å². The van der Waals surface area contributed by atoms with Crippen LogP contribution in [0.25, 0.3) is 0 Å². The number of aromatic nitrogens is 2. The van der Waals surface area contributed by atoms with Crippen molar-refractivity contribution in [3.63, 3.8) is 0 Å². The molecule has 0 saturated heterocycles. The molecule has 0 spiro atoms. The van der Waals surface area contributed by atoms with Crippen molar-refractivity contribution in [3.05, 3.63) is 70.0 Å². The summed E-state index contributed by atoms with van der Waals surface area (Å²) in [7, 11) is 0. The fourth-order valence-corrected chi connectivity index (χ4v) is 2.93. The normalized spacial score (nSPS) is 10.4. The van der Waals surface area contributed by atoms with Gasteiger partial charge in [-0.15, -0.1) is 0 Å². The van der Waals surface area contributed by atoms with Gasteiger partial charge in [0.15, 0.2) is 0 Å². The van der Waals surface area contributed by atoms with Crippen LogP contribution in [0.2, 0.25) is 0 Å². The highest BCUT2D eigenvalue weighted by Gasteiger charge is 2.09. The number of para-hydroxylation sites is 1. The summed E-state index contributed by atoms with van der Waals surface area (Å²) in [6, 6.07) is 14.5. The zero-order valence-electron chi connectivity index (χ0n) is 12.8. The third-order valence-corrected chi connectivity index (χ3v) is 4.71. The highest BCUT2D eigenvalue weighted by atomic mass is 79.9. The number of rotatable bonds is 5. The second kappa shape index (κ2) is 7.55. The summed E-state index contributed by atoms with van der Waals surface area (Å²) in [5.74, 6) is 0.507. The smallest absolute Gasteiger partial charge is 0.255 e. The molecule has 122 valence electrons. The van der Waals surface area contributed by atoms with E-state index in [4.69, 9.17) is 4.74 Å². The number of hydrogen-bond donors (Lipinski definition) is 1. The molecule has 0 bridgehead atoms. The van der Waals surface area contributed by atoms with E-state index >= 15 is 0 Å². The Morgan fingerprint density at radius 3 is 2.58 bits per heavy atom. The fourth-order valence-electron chi connectivity index (χ4n) is 1.99. The average Bonchev–Trinajstić information content (AvgIpc) is 3.00. The molecule has 2 aromatic carbocycles. The Balaban J connectivity index is 1.62. The Morgan fingerprint density at radius 2 is 1.92 bits per heavy atom. The quantitative estimate of drug-likeness (QED) is 0.683. The van der Waals surface area contributed by atoms with Crippen molar-refractivity contribution in [3.8, 4) is 5.75 Å². The van der Waals surface area contributed by atoms with Crippen molar-refractivity contribution in [1.82, 2.24) is 8.75 Å². The zero-order valence-corrected chi connectivity index (χ0v) is 15.2. The minimum absolute atomic E-state index is 0.173. The van der Waals surface area contributed by atoms with E-state index in [2.05, 4.69) is 30.0 Å². The Bertz CT molecular complexity index is 849. The molecule has 1 N–H and O–H groups in total. The summed E-state index contributed by atoms with van der Waals surface area (Å²) in [5, 5.41) is 2.86. The fraction of sp³-hybridized carbons (Fsp3) is 0.118. The molecule has 0 unspecified atom stereocenters. The van der Waals surface area contributed by atoms with Crippen molar-refractivity contribution in [2.24, 2.45) is 0 Å². The van der Waals surface area contributed by atoms with E-state index in [1.54, 1.807) is 24.3 Å². The number of hydrogen-bond acceptors (Lipinski definition) is 5. The summed E-state index contributed by atoms with van der Waals surface area (Å²) in [6.45, 7) is 2.27. The van der Waals surface area contributed by atoms with E-state index < -0.39 is 0 Å². The first-order chi connectivity index (χ1) is 11.6. The molecule has 24 heavy (non-hydrogen) atoms. The van der Waals surface area contributed by atoms with Gasteiger partial charge >= 0.3 is 0 Å². The van der Waals surface area contributed by atoms with Crippen LogP contribution < -0.4 is 10.1 Å². The summed E-state index contributed by atoms with van der Waals surface area (Å²) >= 11 is 4.58. The molecule has 1 amide bonds. The minimum atomic E-state index is -0.173. The maximum atomic E-state index is 12.3. The SMILES string of the molecule is Cc1nsnc1COc1ccc(C(=O)Nc2ccccc2Br)cc1. The van der Waals surface area contributed by atoms with Crippen molar-refractivity contribution in [2.45, 2.75) is 13.5 Å². The second-order valence-electron chi connectivity index (χ2n) is 5.04. The number of anilines is 1. The lowest BCUT2D eigenvalue weighted by molar-refractivity contribution is 0.102. The molecule has 1 aromatic heterocycles. The topological polar surface area (TPSA) is 64.1 Å². The van der Waals surface area contributed by atoms with Crippen molar-refractivity contribution in [2.75, 3.05) is 5.32 Å². The summed E-state index contributed by atoms with van der Waals surface area (Å²) < 4.78 is 14.8. The number of halogens is 1. The van der Waals surface area contributed by atoms with Crippen LogP contribution in [0.1, 0.15) is 21.7 Å². The highest BCUT2D eigenvalue weighted by molar-refractivity contribution is 9.10. The van der Waals surface area contributed by atoms with Gasteiger partial charge in [0.25, 0.3) is 5.91 Å². The van der Waals surface area contributed by atoms with Gasteiger partial charge in [0.1, 0.15) is 18.1 Å². The molecular weight excluding hydrogens is 390 g/mol. The number of benzene rings is 2. The van der Waals surface area contributed by atoms with Crippen LogP contribution in [0, 0.1) is 6.92 Å². The maximum absolute atomic E-state index is 12.3. The van der Waals surface area contributed by atoms with Crippen LogP contribution >= 0.6 is 27.7 Å². The highest BCUT2D eigenvalue weighted by Crippen LogP contribution is 2.22. The zero-order chi connectivity index (χ0) is 16.9. The molecular formula is C17H14BrN3O2S. The second-order valence-corrected chi connectivity index (χ2v) is 6.43. The predicted molar refractivity (Wildman–Crippen MR) is 97.5 cm³/mol. The average molecular weight is 404 g/mol. The predicted octanol–water partition coefficient (Wildman–Crippen LogP) is 4.44. The Hall–Kier alpha value is -2.25. The van der Waals surface area contributed by atoms with Gasteiger partial charge in [0.05, 0.1) is 23.1 Å². The van der Waals surface area contributed by atoms with Gasteiger partial charge in [-0.2, -0.15) is 8.75 Å². The molecule has 7 heteroatoms. The van der Waals surface area contributed by atoms with Crippen molar-refractivity contribution < 1.29 is 9.53 Å². The van der Waals surface area contributed by atoms with Crippen molar-refractivity contribution in [1.29, 1.82) is 0 Å². The summed E-state index contributed by atoms with van der Waals surface area (Å²) in [5.41, 5.74) is 3.00. The molecule has 3 rings (SSSR count). The lowest BCUT2D eigenvalue weighted by atomic mass is 10.2. The van der Waals surface area contributed by atoms with Crippen molar-refractivity contribution >= 4 is 39.3 Å². The number of ether oxygens (including phenoxy) is 1. The third kappa shape index (κ3) is 3.98. The van der Waals surface area contributed by atoms with Gasteiger partial charge in [-0.3, -0.25) is 4.79 Å². The van der Waals surface area contributed by atoms with Gasteiger partial charge in [0, 0.05) is 10.0 Å². The summed E-state index contributed by atoms with van der Waals surface area (Å²) in [6.07, 6.45) is 0. The molecule has 0 radical (unpaired) electrons. The third-order valence-electron chi connectivity index (χ3n) is 3.36. The van der Waals surface area contributed by atoms with Crippen LogP contribution in [0.3, 0.4) is 0 Å². The molecule has 0 atom stereocenters. The molecule has 0 aliphatic carbocycles. The molecule has 1 heterocycles. The van der Waals surface area contributed by atoms with Gasteiger partial charge in [0.2, 0.25) is 0 Å². The Morgan fingerprint density at radius 1 is 1.17 bits per heavy atom. The van der Waals surface area contributed by atoms with E-state index in [-0.39, 0.29) is 5.91 Å². The van der Waals surface area contributed by atoms with Crippen LogP contribution in [0.5, 0.6) is 5.75 Å². The molecule has 5 nitrogen and oxygen atoms in total. The Labute approximate surface area is 152 Å². The monoisotopic (exact) mass is 403 g/mol. The molecule has 0 aliphatic heterocycles. The van der Waals surface area contributed by atoms with E-state index in [0.29, 0.717) is 17.9 Å². The van der Waals surface area contributed by atoms with Gasteiger partial charge < -0.3 is 10.1 Å². The standard InChI is InChI=1S/C17H14BrN3O2S/c1-11-16(21-24-20-11)10-23-13-8-6-12(7-9-13)17(22)19-15-5-3-2-4-14(15)18/h2-9H,10H2,1H3,(H,19,22). The molecule has 3 aromatic rings. The number of carbonyl (C=O) groups excluding carboxylic acids is 1. The molecule has 0 fully saturated rings. The Kier molecular flexibility index (Phi) is 5.22. The largest absolute Gasteiger partial charge is 0.487 e. The van der Waals surface area contributed by atoms with Gasteiger partial charge in [-0.1, -0.05) is 12.1 Å². The molecule has 0 saturated carbocycles. The maximum Gasteiger partial charge on any atom is 0.255 e. The lowest BCUT2D eigenvalue weighted by Gasteiger charge is -2.08. The first kappa shape index (κ1) is 16.6. The first-order valence-corrected chi connectivity index (χ1v) is 8.72. The first-order valence-electron chi connectivity index (χ1n) is 7.20. The summed E-state index contributed by atoms with van der Waals surface area (Å²) in [4.78, 5) is 12.3. The number of aryl methyl sites for hydroxylation is 1. The molecule has 0 aliphatic rings. The van der Waals surface area contributed by atoms with E-state index in [0.717, 1.165) is 21.5 Å². The van der Waals surface area contributed by atoms with Crippen LogP contribution in [0.15, 0.2) is 53.0 Å². The van der Waals surface area contributed by atoms with E-state index in [1.807, 2.05) is 31.2 Å².